The third-order valence-corrected chi connectivity index (χ3v) is 1.89. The summed E-state index contributed by atoms with van der Waals surface area (Å²) in [5.74, 6) is -3.25. The van der Waals surface area contributed by atoms with E-state index >= 15 is 0 Å². The van der Waals surface area contributed by atoms with Crippen LogP contribution >= 0.6 is 0 Å². The minimum Gasteiger partial charge on any atom is -0.550 e. The van der Waals surface area contributed by atoms with E-state index < -0.39 is 18.4 Å². The molecule has 0 saturated heterocycles. The largest absolute Gasteiger partial charge is 1.00 e. The Hall–Kier alpha value is 1.54. The Labute approximate surface area is 173 Å². The van der Waals surface area contributed by atoms with Crippen molar-refractivity contribution >= 4 is 11.9 Å². The number of hydrogen-bond donors (Lipinski definition) is 0. The van der Waals surface area contributed by atoms with Crippen LogP contribution in [-0.4, -0.2) is 11.9 Å². The summed E-state index contributed by atoms with van der Waals surface area (Å²) in [5.41, 5.74) is 0. The summed E-state index contributed by atoms with van der Waals surface area (Å²) < 4.78 is 0. The van der Waals surface area contributed by atoms with Gasteiger partial charge in [-0.05, 0) is 0 Å². The molecule has 0 aliphatic heterocycles. The fourth-order valence-corrected chi connectivity index (χ4v) is 1.07. The van der Waals surface area contributed by atoms with Gasteiger partial charge in [0, 0.05) is 18.4 Å². The first-order valence-corrected chi connectivity index (χ1v) is 5.72. The van der Waals surface area contributed by atoms with Gasteiger partial charge in [0.1, 0.15) is 0 Å². The molecule has 0 fully saturated rings. The molecule has 0 spiro atoms. The number of hydrogen-bond acceptors (Lipinski definition) is 4. The molecule has 0 aliphatic carbocycles. The summed E-state index contributed by atoms with van der Waals surface area (Å²) in [5, 5.41) is 18.6. The third-order valence-electron chi connectivity index (χ3n) is 1.89. The molecule has 0 heterocycles. The molecule has 96 valence electrons. The van der Waals surface area contributed by atoms with Crippen LogP contribution in [0.15, 0.2) is 0 Å². The summed E-state index contributed by atoms with van der Waals surface area (Å²) in [7, 11) is 0. The molecule has 0 N–H and O–H groups in total. The zero-order valence-corrected chi connectivity index (χ0v) is 17.2. The maximum Gasteiger partial charge on any atom is 1.00 e. The summed E-state index contributed by atoms with van der Waals surface area (Å²) >= 11 is 0. The van der Waals surface area contributed by atoms with Gasteiger partial charge in [0.2, 0.25) is 0 Å². The molecule has 0 amide bonds. The molecule has 0 rings (SSSR count). The van der Waals surface area contributed by atoms with E-state index in [2.05, 4.69) is 20.3 Å². The number of unbranched alkanes of at least 4 members (excludes halogenated alkanes) is 6. The average molecular weight is 282 g/mol. The maximum absolute atomic E-state index is 9.28. The van der Waals surface area contributed by atoms with Crippen molar-refractivity contribution in [2.75, 3.05) is 0 Å². The fraction of sp³-hybridized carbons (Fsp3) is 0.750. The van der Waals surface area contributed by atoms with E-state index in [0.717, 1.165) is 0 Å². The molecule has 0 aromatic carbocycles. The standard InChI is InChI=1S/C9H19.C3H4O4.Li.2Na/c1-3-5-7-9-8-6-4-2;4-2(5)1-3(6)7;;;/h3H,4-9H2,1-2H3;1H2,(H,4,5)(H,6,7);;;/q-1;;3*+1/p-2. The molecule has 0 radical (unpaired) electrons. The third kappa shape index (κ3) is 45.1. The quantitative estimate of drug-likeness (QED) is 0.192. The van der Waals surface area contributed by atoms with Gasteiger partial charge in [0.05, 0.1) is 0 Å². The van der Waals surface area contributed by atoms with E-state index in [9.17, 15) is 19.8 Å². The van der Waals surface area contributed by atoms with Crippen LogP contribution in [0.5, 0.6) is 0 Å². The van der Waals surface area contributed by atoms with Crippen molar-refractivity contribution in [2.24, 2.45) is 0 Å². The molecule has 0 unspecified atom stereocenters. The Bertz CT molecular complexity index is 175. The van der Waals surface area contributed by atoms with Gasteiger partial charge in [-0.15, -0.1) is 0 Å². The van der Waals surface area contributed by atoms with Crippen LogP contribution in [-0.2, 0) is 9.59 Å². The number of aliphatic carboxylic acids is 2. The molecular weight excluding hydrogens is 261 g/mol. The van der Waals surface area contributed by atoms with E-state index in [-0.39, 0.29) is 78.0 Å². The Morgan fingerprint density at radius 1 is 0.947 bits per heavy atom. The van der Waals surface area contributed by atoms with Crippen molar-refractivity contribution in [1.82, 2.24) is 0 Å². The predicted octanol–water partition coefficient (Wildman–Crippen LogP) is -8.54. The second kappa shape index (κ2) is 27.8. The molecule has 0 aliphatic rings. The monoisotopic (exact) mass is 282 g/mol. The van der Waals surface area contributed by atoms with Gasteiger partial charge >= 0.3 is 78.0 Å². The second-order valence-electron chi connectivity index (χ2n) is 3.53. The summed E-state index contributed by atoms with van der Waals surface area (Å²) in [4.78, 5) is 18.6. The van der Waals surface area contributed by atoms with E-state index in [1.54, 1.807) is 0 Å². The molecule has 0 bridgehead atoms. The molecule has 7 heteroatoms. The van der Waals surface area contributed by atoms with Crippen LogP contribution in [0, 0.1) is 6.42 Å². The van der Waals surface area contributed by atoms with Crippen molar-refractivity contribution in [3.8, 4) is 0 Å². The van der Waals surface area contributed by atoms with Crippen molar-refractivity contribution in [1.29, 1.82) is 0 Å². The minimum absolute atomic E-state index is 0. The van der Waals surface area contributed by atoms with Crippen molar-refractivity contribution in [3.05, 3.63) is 6.42 Å². The number of carboxylic acid groups (broad SMARTS) is 2. The van der Waals surface area contributed by atoms with Gasteiger partial charge in [-0.2, -0.15) is 13.3 Å². The van der Waals surface area contributed by atoms with Gasteiger partial charge in [0.25, 0.3) is 0 Å². The first-order chi connectivity index (χ1) is 7.54. The fourth-order valence-electron chi connectivity index (χ4n) is 1.07. The SMILES string of the molecule is C[CH-]CCCCCCC.O=C([O-])CC(=O)[O-].[Li+].[Na+].[Na+]. The molecule has 0 aromatic rings. The second-order valence-corrected chi connectivity index (χ2v) is 3.53. The number of carbonyl (C=O) groups excluding carboxylic acids is 2. The molecule has 4 nitrogen and oxygen atoms in total. The number of carbonyl (C=O) groups is 2. The molecule has 0 saturated carbocycles. The molecule has 19 heavy (non-hydrogen) atoms. The number of carboxylic acids is 2. The van der Waals surface area contributed by atoms with Gasteiger partial charge in [-0.3, -0.25) is 0 Å². The molecule has 0 atom stereocenters. The first kappa shape index (κ1) is 32.5. The van der Waals surface area contributed by atoms with E-state index in [4.69, 9.17) is 0 Å². The predicted molar refractivity (Wildman–Crippen MR) is 58.0 cm³/mol. The Morgan fingerprint density at radius 3 is 1.63 bits per heavy atom. The first-order valence-electron chi connectivity index (χ1n) is 5.72. The summed E-state index contributed by atoms with van der Waals surface area (Å²) in [6.45, 7) is 4.39. The zero-order valence-electron chi connectivity index (χ0n) is 13.2. The molecular formula is C12H21LiNa2O4. The van der Waals surface area contributed by atoms with Crippen LogP contribution in [0.25, 0.3) is 0 Å². The van der Waals surface area contributed by atoms with Crippen LogP contribution in [0.1, 0.15) is 58.8 Å². The number of rotatable bonds is 8. The smallest absolute Gasteiger partial charge is 0.550 e. The Balaban J connectivity index is -0.0000000607. The van der Waals surface area contributed by atoms with Crippen LogP contribution in [0.4, 0.5) is 0 Å². The van der Waals surface area contributed by atoms with Crippen molar-refractivity contribution in [2.45, 2.75) is 58.8 Å². The van der Waals surface area contributed by atoms with Crippen LogP contribution in [0.3, 0.4) is 0 Å². The van der Waals surface area contributed by atoms with E-state index in [1.165, 1.54) is 38.5 Å². The summed E-state index contributed by atoms with van der Waals surface area (Å²) in [6.07, 6.45) is 9.58. The van der Waals surface area contributed by atoms with Crippen molar-refractivity contribution in [3.63, 3.8) is 0 Å². The van der Waals surface area contributed by atoms with Crippen molar-refractivity contribution < 1.29 is 97.8 Å². The zero-order chi connectivity index (χ0) is 12.8. The summed E-state index contributed by atoms with van der Waals surface area (Å²) in [6, 6.07) is 0. The Kier molecular flexibility index (Phi) is 47.5. The Morgan fingerprint density at radius 2 is 1.37 bits per heavy atom. The molecule has 0 aromatic heterocycles. The van der Waals surface area contributed by atoms with Crippen LogP contribution < -0.4 is 88.2 Å². The van der Waals surface area contributed by atoms with E-state index in [0.29, 0.717) is 0 Å². The normalized spacial score (nSPS) is 7.68. The van der Waals surface area contributed by atoms with Crippen LogP contribution in [0.2, 0.25) is 0 Å². The van der Waals surface area contributed by atoms with Gasteiger partial charge < -0.3 is 26.2 Å². The average Bonchev–Trinajstić information content (AvgIpc) is 2.16. The minimum atomic E-state index is -1.63. The topological polar surface area (TPSA) is 80.3 Å². The van der Waals surface area contributed by atoms with E-state index in [1.807, 2.05) is 0 Å². The van der Waals surface area contributed by atoms with Gasteiger partial charge in [-0.1, -0.05) is 39.0 Å². The van der Waals surface area contributed by atoms with Gasteiger partial charge in [0.15, 0.2) is 0 Å². The maximum atomic E-state index is 9.28. The van der Waals surface area contributed by atoms with Gasteiger partial charge in [-0.25, -0.2) is 0 Å².